The molecule has 0 aliphatic carbocycles. The Kier molecular flexibility index (Phi) is 6.57. The van der Waals surface area contributed by atoms with Crippen LogP contribution >= 0.6 is 0 Å². The second kappa shape index (κ2) is 9.31. The van der Waals surface area contributed by atoms with Gasteiger partial charge in [0.2, 0.25) is 5.91 Å². The van der Waals surface area contributed by atoms with Gasteiger partial charge in [-0.25, -0.2) is 0 Å². The number of ether oxygens (including phenoxy) is 2. The van der Waals surface area contributed by atoms with Gasteiger partial charge in [0.1, 0.15) is 5.75 Å². The summed E-state index contributed by atoms with van der Waals surface area (Å²) in [6.45, 7) is 4.10. The molecule has 2 aromatic carbocycles. The minimum Gasteiger partial charge on any atom is -0.497 e. The fourth-order valence-corrected chi connectivity index (χ4v) is 3.47. The molecule has 0 aliphatic heterocycles. The summed E-state index contributed by atoms with van der Waals surface area (Å²) < 4.78 is 12.5. The van der Waals surface area contributed by atoms with Crippen LogP contribution < -0.4 is 10.5 Å². The number of amides is 1. The van der Waals surface area contributed by atoms with Gasteiger partial charge in [0, 0.05) is 16.9 Å². The van der Waals surface area contributed by atoms with Gasteiger partial charge in [0.05, 0.1) is 25.8 Å². The van der Waals surface area contributed by atoms with Crippen molar-refractivity contribution in [2.24, 2.45) is 5.73 Å². The van der Waals surface area contributed by atoms with E-state index in [4.69, 9.17) is 15.2 Å². The van der Waals surface area contributed by atoms with E-state index in [9.17, 15) is 9.59 Å². The second-order valence-electron chi connectivity index (χ2n) is 6.94. The molecule has 30 heavy (non-hydrogen) atoms. The minimum absolute atomic E-state index is 0.225. The lowest BCUT2D eigenvalue weighted by molar-refractivity contribution is -0.143. The molecular weight excluding hydrogens is 380 g/mol. The first kappa shape index (κ1) is 21.2. The van der Waals surface area contributed by atoms with Crippen molar-refractivity contribution in [3.8, 4) is 22.7 Å². The van der Waals surface area contributed by atoms with Crippen LogP contribution in [-0.2, 0) is 16.0 Å². The molecule has 0 aliphatic rings. The lowest BCUT2D eigenvalue weighted by Gasteiger charge is -2.17. The number of carbonyl (C=O) groups excluding carboxylic acids is 2. The van der Waals surface area contributed by atoms with Crippen LogP contribution in [0.4, 0.5) is 0 Å². The van der Waals surface area contributed by atoms with Gasteiger partial charge in [-0.2, -0.15) is 0 Å². The van der Waals surface area contributed by atoms with Gasteiger partial charge in [-0.3, -0.25) is 9.59 Å². The van der Waals surface area contributed by atoms with E-state index in [-0.39, 0.29) is 5.97 Å². The molecule has 0 spiro atoms. The molecule has 0 saturated carbocycles. The fourth-order valence-electron chi connectivity index (χ4n) is 3.47. The van der Waals surface area contributed by atoms with Crippen LogP contribution in [0.25, 0.3) is 16.9 Å². The summed E-state index contributed by atoms with van der Waals surface area (Å²) in [6, 6.07) is 17.2. The largest absolute Gasteiger partial charge is 0.497 e. The van der Waals surface area contributed by atoms with Crippen molar-refractivity contribution >= 4 is 11.9 Å². The van der Waals surface area contributed by atoms with E-state index < -0.39 is 5.91 Å². The molecule has 2 N–H and O–H groups in total. The van der Waals surface area contributed by atoms with Gasteiger partial charge in [-0.05, 0) is 86.0 Å². The first-order valence-corrected chi connectivity index (χ1v) is 9.86. The molecule has 1 heterocycles. The molecule has 6 heteroatoms. The summed E-state index contributed by atoms with van der Waals surface area (Å²) in [7, 11) is 1.63. The topological polar surface area (TPSA) is 83.6 Å². The van der Waals surface area contributed by atoms with Gasteiger partial charge in [-0.15, -0.1) is 0 Å². The zero-order chi connectivity index (χ0) is 21.7. The summed E-state index contributed by atoms with van der Waals surface area (Å²) in [4.78, 5) is 23.5. The van der Waals surface area contributed by atoms with Crippen molar-refractivity contribution in [3.05, 3.63) is 71.4 Å². The van der Waals surface area contributed by atoms with Crippen molar-refractivity contribution in [2.75, 3.05) is 13.7 Å². The van der Waals surface area contributed by atoms with Gasteiger partial charge >= 0.3 is 5.97 Å². The smallest absolute Gasteiger partial charge is 0.306 e. The quantitative estimate of drug-likeness (QED) is 0.572. The monoisotopic (exact) mass is 406 g/mol. The van der Waals surface area contributed by atoms with Crippen LogP contribution in [0.5, 0.6) is 5.75 Å². The number of aromatic nitrogens is 1. The maximum atomic E-state index is 11.9. The Labute approximate surface area is 176 Å². The number of esters is 1. The number of primary amides is 1. The Morgan fingerprint density at radius 3 is 2.37 bits per heavy atom. The second-order valence-corrected chi connectivity index (χ2v) is 6.94. The lowest BCUT2D eigenvalue weighted by atomic mass is 10.1. The number of methoxy groups -OCH3 is 1. The standard InChI is InChI=1S/C24H26N2O4/c1-4-30-23(27)14-9-19-8-13-22(17-5-10-20(29-3)11-6-17)26(19)21-12-7-18(24(25)28)15-16(21)2/h5-8,10-13,15H,4,9,14H2,1-3H3,(H2,25,28). The van der Waals surface area contributed by atoms with E-state index in [1.54, 1.807) is 26.2 Å². The minimum atomic E-state index is -0.463. The molecule has 1 aromatic heterocycles. The molecular formula is C24H26N2O4. The SMILES string of the molecule is CCOC(=O)CCc1ccc(-c2ccc(OC)cc2)n1-c1ccc(C(N)=O)cc1C. The first-order chi connectivity index (χ1) is 14.4. The average molecular weight is 406 g/mol. The number of carbonyl (C=O) groups is 2. The molecule has 3 rings (SSSR count). The Balaban J connectivity index is 2.07. The summed E-state index contributed by atoms with van der Waals surface area (Å²) >= 11 is 0. The van der Waals surface area contributed by atoms with Crippen LogP contribution in [0.3, 0.4) is 0 Å². The number of rotatable bonds is 8. The summed E-state index contributed by atoms with van der Waals surface area (Å²) in [5.74, 6) is 0.0912. The molecule has 0 atom stereocenters. The number of aryl methyl sites for hydroxylation is 2. The van der Waals surface area contributed by atoms with Crippen molar-refractivity contribution in [3.63, 3.8) is 0 Å². The van der Waals surface area contributed by atoms with Gasteiger partial charge < -0.3 is 19.8 Å². The maximum absolute atomic E-state index is 11.9. The van der Waals surface area contributed by atoms with Crippen molar-refractivity contribution < 1.29 is 19.1 Å². The number of benzene rings is 2. The molecule has 0 bridgehead atoms. The highest BCUT2D eigenvalue weighted by molar-refractivity contribution is 5.93. The predicted octanol–water partition coefficient (Wildman–Crippen LogP) is 4.06. The average Bonchev–Trinajstić information content (AvgIpc) is 3.16. The highest BCUT2D eigenvalue weighted by atomic mass is 16.5. The summed E-state index contributed by atoms with van der Waals surface area (Å²) in [5, 5.41) is 0. The Morgan fingerprint density at radius 1 is 1.03 bits per heavy atom. The van der Waals surface area contributed by atoms with Crippen LogP contribution in [0.1, 0.15) is 35.0 Å². The Hall–Kier alpha value is -3.54. The highest BCUT2D eigenvalue weighted by Crippen LogP contribution is 2.30. The van der Waals surface area contributed by atoms with Crippen LogP contribution in [-0.4, -0.2) is 30.2 Å². The van der Waals surface area contributed by atoms with Crippen LogP contribution in [0.15, 0.2) is 54.6 Å². The van der Waals surface area contributed by atoms with Gasteiger partial charge in [0.25, 0.3) is 0 Å². The molecule has 6 nitrogen and oxygen atoms in total. The normalized spacial score (nSPS) is 10.6. The zero-order valence-corrected chi connectivity index (χ0v) is 17.5. The van der Waals surface area contributed by atoms with E-state index in [0.717, 1.165) is 34.0 Å². The predicted molar refractivity (Wildman–Crippen MR) is 116 cm³/mol. The molecule has 1 amide bonds. The fraction of sp³-hybridized carbons (Fsp3) is 0.250. The van der Waals surface area contributed by atoms with E-state index >= 15 is 0 Å². The lowest BCUT2D eigenvalue weighted by Crippen LogP contribution is -2.12. The third-order valence-electron chi connectivity index (χ3n) is 4.96. The number of hydrogen-bond acceptors (Lipinski definition) is 4. The van der Waals surface area contributed by atoms with E-state index in [1.165, 1.54) is 0 Å². The van der Waals surface area contributed by atoms with E-state index in [1.807, 2.05) is 49.4 Å². The molecule has 3 aromatic rings. The molecule has 0 unspecified atom stereocenters. The maximum Gasteiger partial charge on any atom is 0.306 e. The molecule has 0 fully saturated rings. The molecule has 0 saturated heterocycles. The number of hydrogen-bond donors (Lipinski definition) is 1. The van der Waals surface area contributed by atoms with Gasteiger partial charge in [-0.1, -0.05) is 0 Å². The molecule has 0 radical (unpaired) electrons. The first-order valence-electron chi connectivity index (χ1n) is 9.86. The molecule has 156 valence electrons. The summed E-state index contributed by atoms with van der Waals surface area (Å²) in [6.07, 6.45) is 0.824. The van der Waals surface area contributed by atoms with Crippen molar-refractivity contribution in [1.82, 2.24) is 4.57 Å². The zero-order valence-electron chi connectivity index (χ0n) is 17.5. The third kappa shape index (κ3) is 4.54. The van der Waals surface area contributed by atoms with Crippen LogP contribution in [0, 0.1) is 6.92 Å². The van der Waals surface area contributed by atoms with E-state index in [0.29, 0.717) is 25.0 Å². The highest BCUT2D eigenvalue weighted by Gasteiger charge is 2.16. The van der Waals surface area contributed by atoms with Crippen molar-refractivity contribution in [1.29, 1.82) is 0 Å². The number of nitrogens with zero attached hydrogens (tertiary/aromatic N) is 1. The Morgan fingerprint density at radius 2 is 1.77 bits per heavy atom. The summed E-state index contributed by atoms with van der Waals surface area (Å²) in [5.41, 5.74) is 10.7. The van der Waals surface area contributed by atoms with E-state index in [2.05, 4.69) is 4.57 Å². The Bertz CT molecular complexity index is 1050. The number of nitrogens with two attached hydrogens (primary N) is 1. The van der Waals surface area contributed by atoms with Crippen molar-refractivity contribution in [2.45, 2.75) is 26.7 Å². The van der Waals surface area contributed by atoms with Crippen LogP contribution in [0.2, 0.25) is 0 Å². The third-order valence-corrected chi connectivity index (χ3v) is 4.96. The van der Waals surface area contributed by atoms with Gasteiger partial charge in [0.15, 0.2) is 0 Å².